The Bertz CT molecular complexity index is 742. The Morgan fingerprint density at radius 1 is 1.32 bits per heavy atom. The van der Waals surface area contributed by atoms with Gasteiger partial charge in [0.2, 0.25) is 11.8 Å². The van der Waals surface area contributed by atoms with Gasteiger partial charge in [-0.3, -0.25) is 9.59 Å². The molecule has 1 aromatic rings. The van der Waals surface area contributed by atoms with Crippen LogP contribution < -0.4 is 10.1 Å². The number of rotatable bonds is 3. The highest BCUT2D eigenvalue weighted by atomic mass is 16.5. The van der Waals surface area contributed by atoms with E-state index in [1.165, 1.54) is 5.56 Å². The number of carbonyl (C=O) groups is 2. The van der Waals surface area contributed by atoms with E-state index in [-0.39, 0.29) is 29.5 Å². The van der Waals surface area contributed by atoms with E-state index >= 15 is 0 Å². The zero-order valence-electron chi connectivity index (χ0n) is 16.9. The quantitative estimate of drug-likeness (QED) is 0.867. The van der Waals surface area contributed by atoms with Gasteiger partial charge < -0.3 is 19.9 Å². The molecule has 1 atom stereocenters. The van der Waals surface area contributed by atoms with Gasteiger partial charge in [-0.15, -0.1) is 0 Å². The fraction of sp³-hybridized carbons (Fsp3) is 0.636. The van der Waals surface area contributed by atoms with Crippen LogP contribution in [0.25, 0.3) is 0 Å². The third-order valence-electron chi connectivity index (χ3n) is 6.76. The van der Waals surface area contributed by atoms with Crippen molar-refractivity contribution in [1.82, 2.24) is 15.1 Å². The summed E-state index contributed by atoms with van der Waals surface area (Å²) in [5, 5.41) is 3.54. The van der Waals surface area contributed by atoms with Gasteiger partial charge in [0.1, 0.15) is 17.4 Å². The van der Waals surface area contributed by atoms with Crippen LogP contribution in [0.5, 0.6) is 5.75 Å². The topological polar surface area (TPSA) is 61.9 Å². The number of likely N-dealkylation sites (tertiary alicyclic amines) is 1. The number of hydrogen-bond donors (Lipinski definition) is 1. The molecule has 1 N–H and O–H groups in total. The maximum Gasteiger partial charge on any atom is 0.245 e. The van der Waals surface area contributed by atoms with E-state index in [0.29, 0.717) is 13.0 Å². The van der Waals surface area contributed by atoms with Gasteiger partial charge in [-0.1, -0.05) is 18.2 Å². The summed E-state index contributed by atoms with van der Waals surface area (Å²) >= 11 is 0. The van der Waals surface area contributed by atoms with Gasteiger partial charge in [0, 0.05) is 44.7 Å². The molecule has 1 aromatic carbocycles. The molecule has 1 saturated carbocycles. The van der Waals surface area contributed by atoms with Crippen molar-refractivity contribution >= 4 is 11.8 Å². The van der Waals surface area contributed by atoms with Crippen molar-refractivity contribution in [2.75, 3.05) is 20.1 Å². The van der Waals surface area contributed by atoms with Crippen LogP contribution in [0.3, 0.4) is 0 Å². The van der Waals surface area contributed by atoms with E-state index < -0.39 is 0 Å². The zero-order chi connectivity index (χ0) is 19.7. The maximum atomic E-state index is 12.9. The number of carbonyl (C=O) groups excluding carboxylic acids is 2. The van der Waals surface area contributed by atoms with Gasteiger partial charge in [-0.25, -0.2) is 0 Å². The Balaban J connectivity index is 1.38. The van der Waals surface area contributed by atoms with Gasteiger partial charge in [0.25, 0.3) is 0 Å². The summed E-state index contributed by atoms with van der Waals surface area (Å²) < 4.78 is 6.50. The third kappa shape index (κ3) is 3.62. The first-order valence-electron chi connectivity index (χ1n) is 10.5. The van der Waals surface area contributed by atoms with Gasteiger partial charge >= 0.3 is 0 Å². The number of nitrogens with zero attached hydrogens (tertiary/aromatic N) is 2. The lowest BCUT2D eigenvalue weighted by atomic mass is 9.81. The molecule has 28 heavy (non-hydrogen) atoms. The fourth-order valence-corrected chi connectivity index (χ4v) is 4.93. The molecular weight excluding hydrogens is 354 g/mol. The van der Waals surface area contributed by atoms with E-state index in [2.05, 4.69) is 17.4 Å². The molecule has 2 aliphatic heterocycles. The van der Waals surface area contributed by atoms with E-state index in [4.69, 9.17) is 4.74 Å². The number of benzene rings is 1. The monoisotopic (exact) mass is 385 g/mol. The van der Waals surface area contributed by atoms with Crippen LogP contribution >= 0.6 is 0 Å². The fourth-order valence-electron chi connectivity index (χ4n) is 4.93. The number of likely N-dealkylation sites (N-methyl/N-ethyl adjacent to an activating group) is 1. The molecule has 4 rings (SSSR count). The standard InChI is InChI=1S/C22H31N3O3/c1-16(25-13-5-8-20(25)26)21(27)24(2)18-9-11-22(12-10-18)15-23-14-17-6-3-4-7-19(17)28-22/h3-4,6-7,16,18,23H,5,8-15H2,1-2H3. The summed E-state index contributed by atoms with van der Waals surface area (Å²) in [7, 11) is 1.89. The Labute approximate surface area is 167 Å². The normalized spacial score (nSPS) is 28.4. The summed E-state index contributed by atoms with van der Waals surface area (Å²) in [6.45, 7) is 4.24. The lowest BCUT2D eigenvalue weighted by Gasteiger charge is -2.43. The largest absolute Gasteiger partial charge is 0.486 e. The number of fused-ring (bicyclic) bond motifs is 1. The lowest BCUT2D eigenvalue weighted by molar-refractivity contribution is -0.144. The first kappa shape index (κ1) is 19.2. The maximum absolute atomic E-state index is 12.9. The van der Waals surface area contributed by atoms with E-state index in [1.54, 1.807) is 4.90 Å². The average Bonchev–Trinajstić information content (AvgIpc) is 3.05. The number of nitrogens with one attached hydrogen (secondary N) is 1. The summed E-state index contributed by atoms with van der Waals surface area (Å²) in [5.74, 6) is 1.14. The minimum absolute atomic E-state index is 0.0569. The molecule has 2 fully saturated rings. The highest BCUT2D eigenvalue weighted by Crippen LogP contribution is 2.37. The van der Waals surface area contributed by atoms with Crippen molar-refractivity contribution in [3.63, 3.8) is 0 Å². The lowest BCUT2D eigenvalue weighted by Crippen LogP contribution is -2.53. The summed E-state index contributed by atoms with van der Waals surface area (Å²) in [5.41, 5.74) is 1.02. The third-order valence-corrected chi connectivity index (χ3v) is 6.76. The molecule has 152 valence electrons. The van der Waals surface area contributed by atoms with Crippen LogP contribution in [-0.4, -0.2) is 59.4 Å². The highest BCUT2D eigenvalue weighted by molar-refractivity contribution is 5.88. The summed E-state index contributed by atoms with van der Waals surface area (Å²) in [4.78, 5) is 28.5. The molecule has 1 spiro atoms. The SMILES string of the molecule is CC(C(=O)N(C)C1CCC2(CC1)CNCc1ccccc1O2)N1CCCC1=O. The molecule has 0 aromatic heterocycles. The van der Waals surface area contributed by atoms with Crippen molar-refractivity contribution in [2.45, 2.75) is 69.7 Å². The minimum Gasteiger partial charge on any atom is -0.486 e. The Morgan fingerprint density at radius 2 is 2.07 bits per heavy atom. The van der Waals surface area contributed by atoms with Crippen molar-refractivity contribution in [3.8, 4) is 5.75 Å². The predicted molar refractivity (Wildman–Crippen MR) is 107 cm³/mol. The molecule has 0 bridgehead atoms. The van der Waals surface area contributed by atoms with Crippen molar-refractivity contribution in [1.29, 1.82) is 0 Å². The van der Waals surface area contributed by atoms with Crippen LogP contribution in [0.2, 0.25) is 0 Å². The zero-order valence-corrected chi connectivity index (χ0v) is 16.9. The molecular formula is C22H31N3O3. The van der Waals surface area contributed by atoms with Crippen LogP contribution in [0, 0.1) is 0 Å². The average molecular weight is 386 g/mol. The second kappa shape index (κ2) is 7.74. The first-order valence-corrected chi connectivity index (χ1v) is 10.5. The van der Waals surface area contributed by atoms with Crippen LogP contribution in [0.1, 0.15) is 51.0 Å². The van der Waals surface area contributed by atoms with Crippen LogP contribution in [0.15, 0.2) is 24.3 Å². The predicted octanol–water partition coefficient (Wildman–Crippen LogP) is 2.32. The minimum atomic E-state index is -0.362. The molecule has 1 saturated heterocycles. The van der Waals surface area contributed by atoms with Crippen molar-refractivity contribution in [2.24, 2.45) is 0 Å². The highest BCUT2D eigenvalue weighted by Gasteiger charge is 2.41. The Kier molecular flexibility index (Phi) is 5.32. The van der Waals surface area contributed by atoms with E-state index in [0.717, 1.165) is 50.9 Å². The molecule has 6 nitrogen and oxygen atoms in total. The van der Waals surface area contributed by atoms with Gasteiger partial charge in [-0.05, 0) is 45.1 Å². The van der Waals surface area contributed by atoms with Crippen molar-refractivity contribution in [3.05, 3.63) is 29.8 Å². The number of amides is 2. The van der Waals surface area contributed by atoms with E-state index in [1.807, 2.05) is 31.0 Å². The molecule has 1 aliphatic carbocycles. The number of ether oxygens (including phenoxy) is 1. The molecule has 0 radical (unpaired) electrons. The smallest absolute Gasteiger partial charge is 0.245 e. The second-order valence-electron chi connectivity index (χ2n) is 8.54. The second-order valence-corrected chi connectivity index (χ2v) is 8.54. The molecule has 2 amide bonds. The Hall–Kier alpha value is -2.08. The van der Waals surface area contributed by atoms with Crippen molar-refractivity contribution < 1.29 is 14.3 Å². The first-order chi connectivity index (χ1) is 13.5. The molecule has 1 unspecified atom stereocenters. The summed E-state index contributed by atoms with van der Waals surface area (Å²) in [6, 6.07) is 8.09. The van der Waals surface area contributed by atoms with Gasteiger partial charge in [0.15, 0.2) is 0 Å². The van der Waals surface area contributed by atoms with Gasteiger partial charge in [-0.2, -0.15) is 0 Å². The number of para-hydroxylation sites is 1. The van der Waals surface area contributed by atoms with Crippen LogP contribution in [0.4, 0.5) is 0 Å². The molecule has 2 heterocycles. The molecule has 6 heteroatoms. The summed E-state index contributed by atoms with van der Waals surface area (Å²) in [6.07, 6.45) is 5.12. The molecule has 3 aliphatic rings. The van der Waals surface area contributed by atoms with Gasteiger partial charge in [0.05, 0.1) is 0 Å². The van der Waals surface area contributed by atoms with Crippen LogP contribution in [-0.2, 0) is 16.1 Å². The van der Waals surface area contributed by atoms with E-state index in [9.17, 15) is 9.59 Å². The Morgan fingerprint density at radius 3 is 2.79 bits per heavy atom. The number of hydrogen-bond acceptors (Lipinski definition) is 4.